The number of likely N-dealkylation sites (N-methyl/N-ethyl adjacent to an activating group) is 1. The number of benzene rings is 1. The van der Waals surface area contributed by atoms with Crippen LogP contribution in [-0.2, 0) is 4.79 Å². The third-order valence-electron chi connectivity index (χ3n) is 3.68. The molecule has 2 heterocycles. The van der Waals surface area contributed by atoms with E-state index in [1.165, 1.54) is 0 Å². The number of carbonyl (C=O) groups excluding carboxylic acids is 1. The molecule has 5 nitrogen and oxygen atoms in total. The lowest BCUT2D eigenvalue weighted by atomic mass is 10.00. The Balaban J connectivity index is 2.00. The standard InChI is InChI=1S/C17H16N4O/c1-21-10-12(7-16(21)22)15-8-13(14(18)9-20-15)17(19)11-5-3-2-4-6-11/h2-9,19H,10,18H2,1H3. The number of hydrogen-bond acceptors (Lipinski definition) is 4. The van der Waals surface area contributed by atoms with Gasteiger partial charge in [0.1, 0.15) is 0 Å². The van der Waals surface area contributed by atoms with Crippen LogP contribution in [0.5, 0.6) is 0 Å². The smallest absolute Gasteiger partial charge is 0.247 e. The molecule has 110 valence electrons. The Bertz CT molecular complexity index is 781. The molecular formula is C17H16N4O. The zero-order valence-corrected chi connectivity index (χ0v) is 12.2. The largest absolute Gasteiger partial charge is 0.397 e. The van der Waals surface area contributed by atoms with Crippen molar-refractivity contribution < 1.29 is 4.79 Å². The zero-order chi connectivity index (χ0) is 15.7. The van der Waals surface area contributed by atoms with E-state index >= 15 is 0 Å². The van der Waals surface area contributed by atoms with Crippen LogP contribution in [0, 0.1) is 5.41 Å². The normalized spacial score (nSPS) is 14.1. The van der Waals surface area contributed by atoms with Crippen LogP contribution >= 0.6 is 0 Å². The summed E-state index contributed by atoms with van der Waals surface area (Å²) >= 11 is 0. The number of amides is 1. The average Bonchev–Trinajstić information content (AvgIpc) is 2.87. The number of aromatic nitrogens is 1. The lowest BCUT2D eigenvalue weighted by Gasteiger charge is -2.11. The molecule has 1 aromatic carbocycles. The van der Waals surface area contributed by atoms with Crippen LogP contribution in [0.4, 0.5) is 5.69 Å². The van der Waals surface area contributed by atoms with Gasteiger partial charge in [-0.15, -0.1) is 0 Å². The highest BCUT2D eigenvalue weighted by molar-refractivity contribution is 6.14. The van der Waals surface area contributed by atoms with E-state index < -0.39 is 0 Å². The van der Waals surface area contributed by atoms with Gasteiger partial charge in [-0.2, -0.15) is 0 Å². The topological polar surface area (TPSA) is 83.1 Å². The van der Waals surface area contributed by atoms with Crippen LogP contribution in [0.15, 0.2) is 48.7 Å². The molecule has 0 saturated carbocycles. The fourth-order valence-electron chi connectivity index (χ4n) is 2.41. The molecule has 1 aromatic heterocycles. The number of nitrogens with two attached hydrogens (primary N) is 1. The highest BCUT2D eigenvalue weighted by Crippen LogP contribution is 2.23. The molecule has 0 atom stereocenters. The quantitative estimate of drug-likeness (QED) is 0.848. The van der Waals surface area contributed by atoms with Gasteiger partial charge in [-0.3, -0.25) is 15.2 Å². The molecule has 3 N–H and O–H groups in total. The van der Waals surface area contributed by atoms with E-state index in [4.69, 9.17) is 11.1 Å². The number of carbonyl (C=O) groups is 1. The van der Waals surface area contributed by atoms with Crippen molar-refractivity contribution in [2.75, 3.05) is 19.3 Å². The number of rotatable bonds is 3. The molecule has 1 aliphatic rings. The van der Waals surface area contributed by atoms with Crippen LogP contribution in [0.2, 0.25) is 0 Å². The summed E-state index contributed by atoms with van der Waals surface area (Å²) in [6.07, 6.45) is 3.13. The number of nitrogens with zero attached hydrogens (tertiary/aromatic N) is 2. The van der Waals surface area contributed by atoms with Crippen molar-refractivity contribution in [2.45, 2.75) is 0 Å². The second kappa shape index (κ2) is 5.44. The SMILES string of the molecule is CN1CC(c2cc(C(=N)c3ccccc3)c(N)cn2)=CC1=O. The Morgan fingerprint density at radius 2 is 2.05 bits per heavy atom. The fourth-order valence-corrected chi connectivity index (χ4v) is 2.41. The molecule has 0 spiro atoms. The first kappa shape index (κ1) is 14.0. The molecule has 0 saturated heterocycles. The second-order valence-corrected chi connectivity index (χ2v) is 5.26. The van der Waals surface area contributed by atoms with Gasteiger partial charge in [0.15, 0.2) is 0 Å². The number of pyridine rings is 1. The van der Waals surface area contributed by atoms with Crippen molar-refractivity contribution in [1.29, 1.82) is 5.41 Å². The lowest BCUT2D eigenvalue weighted by Crippen LogP contribution is -2.19. The maximum atomic E-state index is 11.6. The number of anilines is 1. The van der Waals surface area contributed by atoms with Crippen molar-refractivity contribution >= 4 is 22.9 Å². The van der Waals surface area contributed by atoms with Crippen LogP contribution in [0.25, 0.3) is 5.57 Å². The minimum absolute atomic E-state index is 0.0340. The molecule has 1 amide bonds. The molecule has 22 heavy (non-hydrogen) atoms. The Hall–Kier alpha value is -2.95. The number of hydrogen-bond donors (Lipinski definition) is 2. The van der Waals surface area contributed by atoms with Crippen molar-refractivity contribution in [2.24, 2.45) is 0 Å². The number of nitrogen functional groups attached to an aromatic ring is 1. The first-order valence-corrected chi connectivity index (χ1v) is 6.92. The van der Waals surface area contributed by atoms with Gasteiger partial charge in [0.2, 0.25) is 5.91 Å². The molecule has 5 heteroatoms. The Kier molecular flexibility index (Phi) is 3.47. The molecule has 0 bridgehead atoms. The highest BCUT2D eigenvalue weighted by atomic mass is 16.2. The van der Waals surface area contributed by atoms with Crippen LogP contribution in [0.3, 0.4) is 0 Å². The predicted molar refractivity (Wildman–Crippen MR) is 86.6 cm³/mol. The van der Waals surface area contributed by atoms with Crippen molar-refractivity contribution in [3.05, 3.63) is 65.5 Å². The van der Waals surface area contributed by atoms with E-state index in [1.54, 1.807) is 30.3 Å². The van der Waals surface area contributed by atoms with Crippen molar-refractivity contribution in [3.63, 3.8) is 0 Å². The van der Waals surface area contributed by atoms with Gasteiger partial charge < -0.3 is 10.6 Å². The average molecular weight is 292 g/mol. The van der Waals surface area contributed by atoms with Gasteiger partial charge in [0.25, 0.3) is 0 Å². The molecule has 1 aliphatic heterocycles. The van der Waals surface area contributed by atoms with Crippen molar-refractivity contribution in [1.82, 2.24) is 9.88 Å². The van der Waals surface area contributed by atoms with Crippen LogP contribution in [0.1, 0.15) is 16.8 Å². The summed E-state index contributed by atoms with van der Waals surface area (Å²) in [5.41, 5.74) is 9.72. The Morgan fingerprint density at radius 1 is 1.32 bits per heavy atom. The zero-order valence-electron chi connectivity index (χ0n) is 12.2. The van der Waals surface area contributed by atoms with Gasteiger partial charge in [-0.1, -0.05) is 30.3 Å². The Labute approximate surface area is 128 Å². The minimum Gasteiger partial charge on any atom is -0.397 e. The summed E-state index contributed by atoms with van der Waals surface area (Å²) < 4.78 is 0. The molecular weight excluding hydrogens is 276 g/mol. The molecule has 0 fully saturated rings. The van der Waals surface area contributed by atoms with E-state index in [-0.39, 0.29) is 5.91 Å². The summed E-state index contributed by atoms with van der Waals surface area (Å²) in [5.74, 6) is -0.0340. The van der Waals surface area contributed by atoms with Crippen molar-refractivity contribution in [3.8, 4) is 0 Å². The van der Waals surface area contributed by atoms with Gasteiger partial charge in [0.05, 0.1) is 23.3 Å². The molecule has 0 aliphatic carbocycles. The maximum absolute atomic E-state index is 11.6. The van der Waals surface area contributed by atoms with E-state index in [0.29, 0.717) is 29.2 Å². The first-order chi connectivity index (χ1) is 10.6. The molecule has 0 unspecified atom stereocenters. The predicted octanol–water partition coefficient (Wildman–Crippen LogP) is 1.94. The summed E-state index contributed by atoms with van der Waals surface area (Å²) in [5, 5.41) is 8.35. The third kappa shape index (κ3) is 2.48. The third-order valence-corrected chi connectivity index (χ3v) is 3.68. The van der Waals surface area contributed by atoms with Crippen LogP contribution in [-0.4, -0.2) is 35.1 Å². The monoisotopic (exact) mass is 292 g/mol. The lowest BCUT2D eigenvalue weighted by molar-refractivity contribution is -0.123. The van der Waals surface area contributed by atoms with E-state index in [1.807, 2.05) is 30.3 Å². The van der Waals surface area contributed by atoms with Crippen LogP contribution < -0.4 is 5.73 Å². The summed E-state index contributed by atoms with van der Waals surface area (Å²) in [4.78, 5) is 17.5. The first-order valence-electron chi connectivity index (χ1n) is 6.92. The Morgan fingerprint density at radius 3 is 2.68 bits per heavy atom. The maximum Gasteiger partial charge on any atom is 0.247 e. The number of nitrogens with one attached hydrogen (secondary N) is 1. The fraction of sp³-hybridized carbons (Fsp3) is 0.118. The molecule has 0 radical (unpaired) electrons. The van der Waals surface area contributed by atoms with E-state index in [9.17, 15) is 4.79 Å². The van der Waals surface area contributed by atoms with E-state index in [2.05, 4.69) is 4.98 Å². The van der Waals surface area contributed by atoms with Gasteiger partial charge in [-0.25, -0.2) is 0 Å². The molecule has 2 aromatic rings. The van der Waals surface area contributed by atoms with E-state index in [0.717, 1.165) is 11.1 Å². The van der Waals surface area contributed by atoms with Gasteiger partial charge in [0, 0.05) is 36.4 Å². The summed E-state index contributed by atoms with van der Waals surface area (Å²) in [6.45, 7) is 0.522. The summed E-state index contributed by atoms with van der Waals surface area (Å²) in [7, 11) is 1.75. The minimum atomic E-state index is -0.0340. The highest BCUT2D eigenvalue weighted by Gasteiger charge is 2.20. The van der Waals surface area contributed by atoms with Gasteiger partial charge >= 0.3 is 0 Å². The summed E-state index contributed by atoms with van der Waals surface area (Å²) in [6, 6.07) is 11.2. The molecule has 3 rings (SSSR count). The second-order valence-electron chi connectivity index (χ2n) is 5.26. The van der Waals surface area contributed by atoms with Gasteiger partial charge in [-0.05, 0) is 6.07 Å².